The lowest BCUT2D eigenvalue weighted by Gasteiger charge is -2.38. The number of amides is 1. The van der Waals surface area contributed by atoms with E-state index in [1.54, 1.807) is 0 Å². The van der Waals surface area contributed by atoms with Crippen molar-refractivity contribution in [1.29, 1.82) is 0 Å². The Labute approximate surface area is 131 Å². The summed E-state index contributed by atoms with van der Waals surface area (Å²) in [6.45, 7) is 6.03. The number of hydrogen-bond donors (Lipinski definition) is 1. The van der Waals surface area contributed by atoms with Crippen molar-refractivity contribution in [1.82, 2.24) is 4.90 Å². The Bertz CT molecular complexity index is 486. The molecule has 1 heterocycles. The largest absolute Gasteiger partial charge is 0.370 e. The molecule has 0 aliphatic carbocycles. The van der Waals surface area contributed by atoms with Gasteiger partial charge in [0.2, 0.25) is 5.91 Å². The van der Waals surface area contributed by atoms with Crippen LogP contribution in [0.3, 0.4) is 0 Å². The maximum absolute atomic E-state index is 12.7. The summed E-state index contributed by atoms with van der Waals surface area (Å²) in [4.78, 5) is 14.6. The van der Waals surface area contributed by atoms with Gasteiger partial charge in [0.15, 0.2) is 0 Å². The maximum atomic E-state index is 12.7. The molecule has 5 heteroatoms. The Morgan fingerprint density at radius 3 is 2.71 bits per heavy atom. The molecule has 0 bridgehead atoms. The van der Waals surface area contributed by atoms with Crippen molar-refractivity contribution in [2.45, 2.75) is 26.4 Å². The first-order valence-electron chi connectivity index (χ1n) is 7.36. The van der Waals surface area contributed by atoms with Gasteiger partial charge in [-0.05, 0) is 31.0 Å². The van der Waals surface area contributed by atoms with Gasteiger partial charge in [-0.3, -0.25) is 4.79 Å². The fourth-order valence-corrected chi connectivity index (χ4v) is 2.60. The highest BCUT2D eigenvalue weighted by Crippen LogP contribution is 2.28. The highest BCUT2D eigenvalue weighted by molar-refractivity contribution is 6.30. The van der Waals surface area contributed by atoms with Crippen LogP contribution in [-0.4, -0.2) is 37.0 Å². The molecule has 0 radical (unpaired) electrons. The van der Waals surface area contributed by atoms with Crippen molar-refractivity contribution in [3.05, 3.63) is 34.9 Å². The van der Waals surface area contributed by atoms with Crippen LogP contribution in [0, 0.1) is 5.41 Å². The summed E-state index contributed by atoms with van der Waals surface area (Å²) < 4.78 is 5.80. The van der Waals surface area contributed by atoms with Gasteiger partial charge in [0.1, 0.15) is 6.10 Å². The van der Waals surface area contributed by atoms with Crippen LogP contribution in [-0.2, 0) is 9.53 Å². The summed E-state index contributed by atoms with van der Waals surface area (Å²) in [6, 6.07) is 7.58. The summed E-state index contributed by atoms with van der Waals surface area (Å²) in [6.07, 6.45) is 0.643. The van der Waals surface area contributed by atoms with E-state index in [9.17, 15) is 4.79 Å². The molecular formula is C16H23ClN2O2. The number of carbonyl (C=O) groups excluding carboxylic acids is 1. The van der Waals surface area contributed by atoms with Gasteiger partial charge < -0.3 is 15.4 Å². The molecule has 4 nitrogen and oxygen atoms in total. The van der Waals surface area contributed by atoms with Crippen molar-refractivity contribution >= 4 is 17.5 Å². The number of benzene rings is 1. The van der Waals surface area contributed by atoms with Crippen LogP contribution in [0.4, 0.5) is 0 Å². The fraction of sp³-hybridized carbons (Fsp3) is 0.562. The summed E-state index contributed by atoms with van der Waals surface area (Å²) in [5.41, 5.74) is 6.35. The van der Waals surface area contributed by atoms with Crippen LogP contribution in [0.15, 0.2) is 24.3 Å². The molecule has 2 unspecified atom stereocenters. The lowest BCUT2D eigenvalue weighted by molar-refractivity contribution is -0.148. The Morgan fingerprint density at radius 1 is 1.48 bits per heavy atom. The van der Waals surface area contributed by atoms with Crippen LogP contribution in [0.1, 0.15) is 31.9 Å². The summed E-state index contributed by atoms with van der Waals surface area (Å²) in [7, 11) is 0. The molecule has 1 saturated heterocycles. The monoisotopic (exact) mass is 310 g/mol. The highest BCUT2D eigenvalue weighted by atomic mass is 35.5. The van der Waals surface area contributed by atoms with Crippen molar-refractivity contribution in [3.63, 3.8) is 0 Å². The first kappa shape index (κ1) is 16.3. The number of nitrogens with two attached hydrogens (primary N) is 1. The third kappa shape index (κ3) is 3.57. The molecule has 0 spiro atoms. The minimum atomic E-state index is -0.484. The van der Waals surface area contributed by atoms with E-state index >= 15 is 0 Å². The molecule has 0 aromatic heterocycles. The first-order chi connectivity index (χ1) is 10.00. The molecule has 2 atom stereocenters. The molecule has 1 amide bonds. The van der Waals surface area contributed by atoms with E-state index in [2.05, 4.69) is 0 Å². The molecule has 1 aliphatic rings. The lowest BCUT2D eigenvalue weighted by Crippen LogP contribution is -2.50. The van der Waals surface area contributed by atoms with Crippen LogP contribution >= 0.6 is 11.6 Å². The topological polar surface area (TPSA) is 55.6 Å². The van der Waals surface area contributed by atoms with E-state index in [-0.39, 0.29) is 12.0 Å². The molecule has 1 fully saturated rings. The van der Waals surface area contributed by atoms with E-state index in [0.717, 1.165) is 12.0 Å². The Hall–Kier alpha value is -1.10. The highest BCUT2D eigenvalue weighted by Gasteiger charge is 2.36. The summed E-state index contributed by atoms with van der Waals surface area (Å²) in [5.74, 6) is 0.120. The van der Waals surface area contributed by atoms with Gasteiger partial charge in [-0.15, -0.1) is 0 Å². The van der Waals surface area contributed by atoms with Crippen molar-refractivity contribution in [2.75, 3.05) is 26.2 Å². The molecule has 0 saturated carbocycles. The second kappa shape index (κ2) is 6.77. The zero-order valence-corrected chi connectivity index (χ0v) is 13.4. The number of carbonyl (C=O) groups is 1. The molecule has 1 aromatic carbocycles. The van der Waals surface area contributed by atoms with Crippen LogP contribution in [0.25, 0.3) is 0 Å². The van der Waals surface area contributed by atoms with Gasteiger partial charge in [0.05, 0.1) is 18.6 Å². The second-order valence-corrected chi connectivity index (χ2v) is 6.22. The SMILES string of the molecule is CCC(C)(CN)C(=O)N1CCOC(c2ccc(Cl)cc2)C1. The van der Waals surface area contributed by atoms with E-state index in [4.69, 9.17) is 22.1 Å². The molecule has 116 valence electrons. The fourth-order valence-electron chi connectivity index (χ4n) is 2.48. The van der Waals surface area contributed by atoms with Crippen molar-refractivity contribution in [3.8, 4) is 0 Å². The number of halogens is 1. The molecule has 1 aliphatic heterocycles. The number of nitrogens with zero attached hydrogens (tertiary/aromatic N) is 1. The van der Waals surface area contributed by atoms with Crippen molar-refractivity contribution in [2.24, 2.45) is 11.1 Å². The smallest absolute Gasteiger partial charge is 0.229 e. The zero-order valence-electron chi connectivity index (χ0n) is 12.6. The molecular weight excluding hydrogens is 288 g/mol. The van der Waals surface area contributed by atoms with Crippen LogP contribution in [0.5, 0.6) is 0 Å². The maximum Gasteiger partial charge on any atom is 0.229 e. The zero-order chi connectivity index (χ0) is 15.5. The summed E-state index contributed by atoms with van der Waals surface area (Å²) in [5, 5.41) is 0.698. The third-order valence-corrected chi connectivity index (χ3v) is 4.59. The van der Waals surface area contributed by atoms with Gasteiger partial charge in [-0.25, -0.2) is 0 Å². The second-order valence-electron chi connectivity index (χ2n) is 5.78. The molecule has 1 aromatic rings. The average molecular weight is 311 g/mol. The molecule has 2 rings (SSSR count). The number of morpholine rings is 1. The lowest BCUT2D eigenvalue weighted by atomic mass is 9.85. The predicted molar refractivity (Wildman–Crippen MR) is 84.2 cm³/mol. The van der Waals surface area contributed by atoms with Crippen molar-refractivity contribution < 1.29 is 9.53 Å². The molecule has 2 N–H and O–H groups in total. The van der Waals surface area contributed by atoms with Gasteiger partial charge >= 0.3 is 0 Å². The van der Waals surface area contributed by atoms with E-state index < -0.39 is 5.41 Å². The number of hydrogen-bond acceptors (Lipinski definition) is 3. The number of ether oxygens (including phenoxy) is 1. The van der Waals surface area contributed by atoms with Gasteiger partial charge in [0.25, 0.3) is 0 Å². The third-order valence-electron chi connectivity index (χ3n) is 4.34. The standard InChI is InChI=1S/C16H23ClN2O2/c1-3-16(2,11-18)15(20)19-8-9-21-14(10-19)12-4-6-13(17)7-5-12/h4-7,14H,3,8-11,18H2,1-2H3. The van der Waals surface area contributed by atoms with E-state index in [1.165, 1.54) is 0 Å². The summed E-state index contributed by atoms with van der Waals surface area (Å²) >= 11 is 5.91. The average Bonchev–Trinajstić information content (AvgIpc) is 2.54. The van der Waals surface area contributed by atoms with Crippen LogP contribution < -0.4 is 5.73 Å². The first-order valence-corrected chi connectivity index (χ1v) is 7.74. The Kier molecular flexibility index (Phi) is 5.25. The minimum Gasteiger partial charge on any atom is -0.370 e. The Morgan fingerprint density at radius 2 is 2.14 bits per heavy atom. The predicted octanol–water partition coefficient (Wildman–Crippen LogP) is 2.61. The molecule has 21 heavy (non-hydrogen) atoms. The van der Waals surface area contributed by atoms with Gasteiger partial charge in [-0.2, -0.15) is 0 Å². The normalized spacial score (nSPS) is 21.9. The quantitative estimate of drug-likeness (QED) is 0.930. The number of rotatable bonds is 4. The van der Waals surface area contributed by atoms with E-state index in [0.29, 0.717) is 31.3 Å². The Balaban J connectivity index is 2.10. The van der Waals surface area contributed by atoms with Gasteiger partial charge in [0, 0.05) is 18.1 Å². The van der Waals surface area contributed by atoms with Crippen LogP contribution in [0.2, 0.25) is 5.02 Å². The van der Waals surface area contributed by atoms with Gasteiger partial charge in [-0.1, -0.05) is 30.7 Å². The minimum absolute atomic E-state index is 0.0983. The van der Waals surface area contributed by atoms with E-state index in [1.807, 2.05) is 43.0 Å².